The Morgan fingerprint density at radius 1 is 1.03 bits per heavy atom. The number of benzene rings is 1. The van der Waals surface area contributed by atoms with Gasteiger partial charge in [-0.25, -0.2) is 24.5 Å². The van der Waals surface area contributed by atoms with Gasteiger partial charge in [0.2, 0.25) is 0 Å². The molecule has 5 aromatic rings. The van der Waals surface area contributed by atoms with Crippen LogP contribution in [-0.2, 0) is 0 Å². The normalized spacial score (nSPS) is 13.7. The molecule has 0 saturated heterocycles. The van der Waals surface area contributed by atoms with Crippen molar-refractivity contribution >= 4 is 33.8 Å². The first-order chi connectivity index (χ1) is 16.7. The van der Waals surface area contributed by atoms with Gasteiger partial charge in [-0.3, -0.25) is 0 Å². The molecule has 9 heteroatoms. The SMILES string of the molecule is Cc1cc(Nc2ncnc3ccc(C4=CCNCC4)nc23)ccc1Oc1ccn2ncnc2c1. The molecule has 0 atom stereocenters. The summed E-state index contributed by atoms with van der Waals surface area (Å²) in [4.78, 5) is 18.0. The quantitative estimate of drug-likeness (QED) is 0.409. The van der Waals surface area contributed by atoms with Gasteiger partial charge in [0.1, 0.15) is 29.7 Å². The molecule has 0 amide bonds. The van der Waals surface area contributed by atoms with Gasteiger partial charge in [0, 0.05) is 24.5 Å². The molecule has 1 aromatic carbocycles. The van der Waals surface area contributed by atoms with Crippen molar-refractivity contribution in [1.29, 1.82) is 0 Å². The van der Waals surface area contributed by atoms with Crippen LogP contribution in [0, 0.1) is 6.92 Å². The third-order valence-corrected chi connectivity index (χ3v) is 5.79. The second-order valence-electron chi connectivity index (χ2n) is 8.10. The van der Waals surface area contributed by atoms with E-state index in [-0.39, 0.29) is 0 Å². The van der Waals surface area contributed by atoms with Crippen LogP contribution in [0.1, 0.15) is 17.7 Å². The minimum atomic E-state index is 0.673. The summed E-state index contributed by atoms with van der Waals surface area (Å²) >= 11 is 0. The van der Waals surface area contributed by atoms with Crippen molar-refractivity contribution in [2.45, 2.75) is 13.3 Å². The third kappa shape index (κ3) is 3.93. The minimum Gasteiger partial charge on any atom is -0.457 e. The number of hydrogen-bond acceptors (Lipinski definition) is 8. The van der Waals surface area contributed by atoms with Crippen LogP contribution in [0.3, 0.4) is 0 Å². The van der Waals surface area contributed by atoms with Gasteiger partial charge in [0.15, 0.2) is 11.5 Å². The highest BCUT2D eigenvalue weighted by molar-refractivity contribution is 5.88. The van der Waals surface area contributed by atoms with Gasteiger partial charge in [-0.2, -0.15) is 5.10 Å². The lowest BCUT2D eigenvalue weighted by Crippen LogP contribution is -2.20. The van der Waals surface area contributed by atoms with Crippen LogP contribution in [0.5, 0.6) is 11.5 Å². The first-order valence-corrected chi connectivity index (χ1v) is 11.1. The van der Waals surface area contributed by atoms with E-state index in [1.54, 1.807) is 10.8 Å². The van der Waals surface area contributed by atoms with Gasteiger partial charge in [-0.15, -0.1) is 0 Å². The smallest absolute Gasteiger partial charge is 0.160 e. The molecule has 5 heterocycles. The Balaban J connectivity index is 1.27. The maximum Gasteiger partial charge on any atom is 0.160 e. The molecule has 1 aliphatic heterocycles. The molecule has 0 saturated carbocycles. The predicted molar refractivity (Wildman–Crippen MR) is 130 cm³/mol. The monoisotopic (exact) mass is 450 g/mol. The number of hydrogen-bond donors (Lipinski definition) is 2. The highest BCUT2D eigenvalue weighted by Crippen LogP contribution is 2.30. The van der Waals surface area contributed by atoms with E-state index in [0.29, 0.717) is 11.6 Å². The number of aromatic nitrogens is 6. The lowest BCUT2D eigenvalue weighted by molar-refractivity contribution is 0.478. The molecule has 0 bridgehead atoms. The van der Waals surface area contributed by atoms with E-state index in [2.05, 4.69) is 36.8 Å². The second kappa shape index (κ2) is 8.53. The molecule has 2 N–H and O–H groups in total. The number of fused-ring (bicyclic) bond motifs is 2. The molecule has 0 radical (unpaired) electrons. The summed E-state index contributed by atoms with van der Waals surface area (Å²) in [5, 5.41) is 10.9. The van der Waals surface area contributed by atoms with E-state index in [0.717, 1.165) is 58.9 Å². The Morgan fingerprint density at radius 3 is 2.88 bits per heavy atom. The minimum absolute atomic E-state index is 0.673. The zero-order valence-corrected chi connectivity index (χ0v) is 18.6. The molecule has 1 aliphatic rings. The molecule has 0 spiro atoms. The maximum absolute atomic E-state index is 6.09. The summed E-state index contributed by atoms with van der Waals surface area (Å²) in [6.07, 6.45) is 8.05. The highest BCUT2D eigenvalue weighted by atomic mass is 16.5. The Bertz CT molecular complexity index is 1540. The van der Waals surface area contributed by atoms with Crippen molar-refractivity contribution in [3.63, 3.8) is 0 Å². The molecule has 168 valence electrons. The number of anilines is 2. The van der Waals surface area contributed by atoms with Crippen LogP contribution in [0.15, 0.2) is 67.4 Å². The lowest BCUT2D eigenvalue weighted by atomic mass is 10.1. The fourth-order valence-electron chi connectivity index (χ4n) is 4.03. The van der Waals surface area contributed by atoms with Gasteiger partial charge in [-0.1, -0.05) is 6.08 Å². The van der Waals surface area contributed by atoms with Crippen molar-refractivity contribution in [3.8, 4) is 11.5 Å². The molecule has 0 aliphatic carbocycles. The van der Waals surface area contributed by atoms with E-state index < -0.39 is 0 Å². The molecule has 0 fully saturated rings. The zero-order chi connectivity index (χ0) is 22.9. The van der Waals surface area contributed by atoms with Gasteiger partial charge >= 0.3 is 0 Å². The molecule has 9 nitrogen and oxygen atoms in total. The van der Waals surface area contributed by atoms with E-state index in [9.17, 15) is 0 Å². The number of nitrogens with zero attached hydrogens (tertiary/aromatic N) is 6. The van der Waals surface area contributed by atoms with Crippen LogP contribution in [0.2, 0.25) is 0 Å². The molecule has 34 heavy (non-hydrogen) atoms. The van der Waals surface area contributed by atoms with E-state index in [1.165, 1.54) is 11.9 Å². The molecular weight excluding hydrogens is 428 g/mol. The summed E-state index contributed by atoms with van der Waals surface area (Å²) < 4.78 is 7.78. The average molecular weight is 451 g/mol. The largest absolute Gasteiger partial charge is 0.457 e. The lowest BCUT2D eigenvalue weighted by Gasteiger charge is -2.15. The van der Waals surface area contributed by atoms with Gasteiger partial charge in [0.25, 0.3) is 0 Å². The average Bonchev–Trinajstić information content (AvgIpc) is 3.34. The van der Waals surface area contributed by atoms with Crippen molar-refractivity contribution in [3.05, 3.63) is 78.6 Å². The van der Waals surface area contributed by atoms with Crippen LogP contribution in [-0.4, -0.2) is 42.6 Å². The van der Waals surface area contributed by atoms with Crippen LogP contribution in [0.25, 0.3) is 22.3 Å². The first kappa shape index (κ1) is 20.3. The Hall–Kier alpha value is -4.37. The van der Waals surface area contributed by atoms with E-state index in [4.69, 9.17) is 9.72 Å². The van der Waals surface area contributed by atoms with Crippen molar-refractivity contribution in [2.75, 3.05) is 18.4 Å². The molecule has 4 aromatic heterocycles. The molecule has 0 unspecified atom stereocenters. The summed E-state index contributed by atoms with van der Waals surface area (Å²) in [6.45, 7) is 3.84. The van der Waals surface area contributed by atoms with Crippen LogP contribution >= 0.6 is 0 Å². The second-order valence-corrected chi connectivity index (χ2v) is 8.10. The highest BCUT2D eigenvalue weighted by Gasteiger charge is 2.12. The Morgan fingerprint density at radius 2 is 2.00 bits per heavy atom. The standard InChI is InChI=1S/C25H22N8O/c1-16-12-18(2-5-22(16)34-19-8-11-33-23(13-19)28-15-30-33)31-25-24-21(27-14-29-25)4-3-20(32-24)17-6-9-26-10-7-17/h2-6,8,11-15,26H,7,9-10H2,1H3,(H,27,29,31). The van der Waals surface area contributed by atoms with Crippen molar-refractivity contribution < 1.29 is 4.74 Å². The Labute approximate surface area is 195 Å². The van der Waals surface area contributed by atoms with Crippen LogP contribution < -0.4 is 15.4 Å². The number of aryl methyl sites for hydroxylation is 1. The van der Waals surface area contributed by atoms with E-state index >= 15 is 0 Å². The number of pyridine rings is 2. The zero-order valence-electron chi connectivity index (χ0n) is 18.6. The topological polar surface area (TPSA) is 102 Å². The van der Waals surface area contributed by atoms with Crippen molar-refractivity contribution in [2.24, 2.45) is 0 Å². The maximum atomic E-state index is 6.09. The molecular formula is C25H22N8O. The summed E-state index contributed by atoms with van der Waals surface area (Å²) in [6, 6.07) is 13.7. The van der Waals surface area contributed by atoms with Gasteiger partial charge in [-0.05, 0) is 67.4 Å². The van der Waals surface area contributed by atoms with Crippen molar-refractivity contribution in [1.82, 2.24) is 34.9 Å². The number of nitrogens with one attached hydrogen (secondary N) is 2. The van der Waals surface area contributed by atoms with E-state index in [1.807, 2.05) is 55.6 Å². The fraction of sp³-hybridized carbons (Fsp3) is 0.160. The summed E-state index contributed by atoms with van der Waals surface area (Å²) in [5.74, 6) is 2.14. The fourth-order valence-corrected chi connectivity index (χ4v) is 4.03. The third-order valence-electron chi connectivity index (χ3n) is 5.79. The predicted octanol–water partition coefficient (Wildman–Crippen LogP) is 4.29. The summed E-state index contributed by atoms with van der Waals surface area (Å²) in [7, 11) is 0. The van der Waals surface area contributed by atoms with Gasteiger partial charge in [0.05, 0.1) is 11.2 Å². The Kier molecular flexibility index (Phi) is 5.08. The van der Waals surface area contributed by atoms with Gasteiger partial charge < -0.3 is 15.4 Å². The first-order valence-electron chi connectivity index (χ1n) is 11.1. The number of ether oxygens (including phenoxy) is 1. The number of rotatable bonds is 5. The molecule has 6 rings (SSSR count). The summed E-state index contributed by atoms with van der Waals surface area (Å²) in [5.41, 5.74) is 6.38. The van der Waals surface area contributed by atoms with Crippen LogP contribution in [0.4, 0.5) is 11.5 Å².